The largest absolute Gasteiger partial charge is 0.0726 e. The fourth-order valence-electron chi connectivity index (χ4n) is 4.44. The van der Waals surface area contributed by atoms with E-state index in [0.717, 1.165) is 0 Å². The van der Waals surface area contributed by atoms with Gasteiger partial charge in [-0.05, 0) is 43.4 Å². The molecule has 0 heterocycles. The molecule has 0 saturated heterocycles. The van der Waals surface area contributed by atoms with Gasteiger partial charge in [0.1, 0.15) is 0 Å². The maximum absolute atomic E-state index is 2.36. The summed E-state index contributed by atoms with van der Waals surface area (Å²) in [6.45, 7) is 6.85. The summed E-state index contributed by atoms with van der Waals surface area (Å²) in [4.78, 5) is 0. The molecule has 1 unspecified atom stereocenters. The van der Waals surface area contributed by atoms with E-state index in [-0.39, 0.29) is 0 Å². The van der Waals surface area contributed by atoms with Gasteiger partial charge in [0.15, 0.2) is 0 Å². The van der Waals surface area contributed by atoms with E-state index in [4.69, 9.17) is 0 Å². The van der Waals surface area contributed by atoms with Gasteiger partial charge in [0.2, 0.25) is 0 Å². The molecule has 0 saturated carbocycles. The van der Waals surface area contributed by atoms with Gasteiger partial charge in [-0.15, -0.1) is 0 Å². The number of hydrogen-bond acceptors (Lipinski definition) is 0. The molecule has 154 valence electrons. The second-order valence-corrected chi connectivity index (χ2v) is 8.66. The Morgan fingerprint density at radius 1 is 0.750 bits per heavy atom. The molecule has 1 atom stereocenters. The summed E-state index contributed by atoms with van der Waals surface area (Å²) < 4.78 is 0. The lowest BCUT2D eigenvalue weighted by Gasteiger charge is -2.25. The molecule has 0 N–H and O–H groups in total. The summed E-state index contributed by atoms with van der Waals surface area (Å²) in [7, 11) is 0. The summed E-state index contributed by atoms with van der Waals surface area (Å²) in [5, 5.41) is 0. The molecule has 0 fully saturated rings. The number of allylic oxidation sites excluding steroid dienone is 6. The van der Waals surface area contributed by atoms with Gasteiger partial charge < -0.3 is 0 Å². The van der Waals surface area contributed by atoms with Gasteiger partial charge in [0.25, 0.3) is 0 Å². The van der Waals surface area contributed by atoms with Crippen LogP contribution in [-0.4, -0.2) is 0 Å². The summed E-state index contributed by atoms with van der Waals surface area (Å²) in [5.41, 5.74) is 6.00. The highest BCUT2D eigenvalue weighted by Crippen LogP contribution is 2.38. The molecule has 2 rings (SSSR count). The molecule has 0 radical (unpaired) electrons. The zero-order chi connectivity index (χ0) is 20.0. The van der Waals surface area contributed by atoms with Crippen molar-refractivity contribution in [2.45, 2.75) is 104 Å². The predicted molar refractivity (Wildman–Crippen MR) is 126 cm³/mol. The molecule has 0 amide bonds. The Morgan fingerprint density at radius 2 is 1.32 bits per heavy atom. The van der Waals surface area contributed by atoms with Crippen molar-refractivity contribution in [2.75, 3.05) is 0 Å². The van der Waals surface area contributed by atoms with Gasteiger partial charge in [-0.2, -0.15) is 0 Å². The molecule has 0 spiro atoms. The maximum Gasteiger partial charge on any atom is 0.0274 e. The highest BCUT2D eigenvalue weighted by atomic mass is 14.2. The van der Waals surface area contributed by atoms with E-state index in [1.807, 2.05) is 0 Å². The van der Waals surface area contributed by atoms with Crippen LogP contribution in [0.15, 0.2) is 65.3 Å². The normalized spacial score (nSPS) is 16.3. The molecule has 28 heavy (non-hydrogen) atoms. The first-order valence-corrected chi connectivity index (χ1v) is 11.8. The van der Waals surface area contributed by atoms with E-state index in [1.54, 1.807) is 11.1 Å². The Kier molecular flexibility index (Phi) is 11.0. The van der Waals surface area contributed by atoms with Crippen molar-refractivity contribution in [1.29, 1.82) is 0 Å². The van der Waals surface area contributed by atoms with Crippen molar-refractivity contribution < 1.29 is 0 Å². The van der Waals surface area contributed by atoms with Gasteiger partial charge in [0.05, 0.1) is 0 Å². The van der Waals surface area contributed by atoms with Gasteiger partial charge >= 0.3 is 0 Å². The second-order valence-electron chi connectivity index (χ2n) is 8.66. The molecule has 1 aromatic carbocycles. The van der Waals surface area contributed by atoms with Gasteiger partial charge in [0, 0.05) is 5.92 Å². The Labute approximate surface area is 174 Å². The molecular formula is C28H42. The van der Waals surface area contributed by atoms with Gasteiger partial charge in [-0.25, -0.2) is 0 Å². The molecular weight excluding hydrogens is 336 g/mol. The standard InChI is InChI=1S/C28H42/c1-4-5-6-7-8-9-10-11-12-13-15-21-26-22-18-23-27(28(26)24(2)3)25-19-16-14-17-20-25/h14,16-20,22-23,27H,4-13,15,21H2,1-3H3. The van der Waals surface area contributed by atoms with Crippen LogP contribution in [0, 0.1) is 0 Å². The van der Waals surface area contributed by atoms with Crippen molar-refractivity contribution in [3.63, 3.8) is 0 Å². The fourth-order valence-corrected chi connectivity index (χ4v) is 4.44. The predicted octanol–water partition coefficient (Wildman–Crippen LogP) is 9.30. The van der Waals surface area contributed by atoms with Crippen molar-refractivity contribution >= 4 is 0 Å². The summed E-state index contributed by atoms with van der Waals surface area (Å²) in [5.74, 6) is 0.430. The first kappa shape index (κ1) is 22.7. The molecule has 0 aliphatic heterocycles. The van der Waals surface area contributed by atoms with Crippen LogP contribution in [0.5, 0.6) is 0 Å². The van der Waals surface area contributed by atoms with E-state index >= 15 is 0 Å². The molecule has 0 heteroatoms. The van der Waals surface area contributed by atoms with Crippen molar-refractivity contribution in [2.24, 2.45) is 0 Å². The highest BCUT2D eigenvalue weighted by molar-refractivity contribution is 5.51. The Hall–Kier alpha value is -1.56. The van der Waals surface area contributed by atoms with E-state index in [1.165, 1.54) is 88.2 Å². The van der Waals surface area contributed by atoms with Crippen LogP contribution in [-0.2, 0) is 0 Å². The highest BCUT2D eigenvalue weighted by Gasteiger charge is 2.20. The average molecular weight is 379 g/mol. The van der Waals surface area contributed by atoms with Crippen molar-refractivity contribution in [1.82, 2.24) is 0 Å². The smallest absolute Gasteiger partial charge is 0.0274 e. The molecule has 0 bridgehead atoms. The van der Waals surface area contributed by atoms with Crippen LogP contribution < -0.4 is 0 Å². The third-order valence-corrected chi connectivity index (χ3v) is 6.00. The van der Waals surface area contributed by atoms with Gasteiger partial charge in [-0.1, -0.05) is 125 Å². The van der Waals surface area contributed by atoms with Crippen LogP contribution in [0.2, 0.25) is 0 Å². The Balaban J connectivity index is 1.70. The van der Waals surface area contributed by atoms with Gasteiger partial charge in [-0.3, -0.25) is 0 Å². The van der Waals surface area contributed by atoms with Crippen LogP contribution in [0.3, 0.4) is 0 Å². The maximum atomic E-state index is 2.36. The lowest BCUT2D eigenvalue weighted by Crippen LogP contribution is -2.07. The van der Waals surface area contributed by atoms with Crippen LogP contribution >= 0.6 is 0 Å². The third kappa shape index (κ3) is 7.82. The summed E-state index contributed by atoms with van der Waals surface area (Å²) in [6, 6.07) is 11.0. The van der Waals surface area contributed by atoms with E-state index in [9.17, 15) is 0 Å². The molecule has 1 aromatic rings. The molecule has 0 aromatic heterocycles. The third-order valence-electron chi connectivity index (χ3n) is 6.00. The van der Waals surface area contributed by atoms with E-state index < -0.39 is 0 Å². The number of hydrogen-bond donors (Lipinski definition) is 0. The molecule has 0 nitrogen and oxygen atoms in total. The quantitative estimate of drug-likeness (QED) is 0.300. The first-order chi connectivity index (χ1) is 13.7. The van der Waals surface area contributed by atoms with Crippen LogP contribution in [0.1, 0.15) is 109 Å². The zero-order valence-electron chi connectivity index (χ0n) is 18.7. The number of rotatable bonds is 13. The average Bonchev–Trinajstić information content (AvgIpc) is 2.72. The van der Waals surface area contributed by atoms with Crippen LogP contribution in [0.25, 0.3) is 0 Å². The second kappa shape index (κ2) is 13.6. The van der Waals surface area contributed by atoms with Crippen molar-refractivity contribution in [3.05, 3.63) is 70.8 Å². The number of benzene rings is 1. The SMILES string of the molecule is CCCCCCCCCCCCCC1=CC=CC(c2ccccc2)C1=C(C)C. The van der Waals surface area contributed by atoms with Crippen molar-refractivity contribution in [3.8, 4) is 0 Å². The Morgan fingerprint density at radius 3 is 1.89 bits per heavy atom. The Bertz CT molecular complexity index is 625. The summed E-state index contributed by atoms with van der Waals surface area (Å²) >= 11 is 0. The van der Waals surface area contributed by atoms with E-state index in [0.29, 0.717) is 5.92 Å². The minimum absolute atomic E-state index is 0.430. The minimum atomic E-state index is 0.430. The number of unbranched alkanes of at least 4 members (excludes halogenated alkanes) is 10. The lowest BCUT2D eigenvalue weighted by molar-refractivity contribution is 0.549. The lowest BCUT2D eigenvalue weighted by atomic mass is 9.79. The molecule has 1 aliphatic carbocycles. The first-order valence-electron chi connectivity index (χ1n) is 11.8. The molecule has 1 aliphatic rings. The fraction of sp³-hybridized carbons (Fsp3) is 0.571. The van der Waals surface area contributed by atoms with Crippen LogP contribution in [0.4, 0.5) is 0 Å². The topological polar surface area (TPSA) is 0 Å². The van der Waals surface area contributed by atoms with E-state index in [2.05, 4.69) is 69.3 Å². The zero-order valence-corrected chi connectivity index (χ0v) is 18.7. The summed E-state index contributed by atoms with van der Waals surface area (Å²) in [6.07, 6.45) is 23.8. The minimum Gasteiger partial charge on any atom is -0.0726 e. The monoisotopic (exact) mass is 378 g/mol.